The van der Waals surface area contributed by atoms with E-state index in [2.05, 4.69) is 15.2 Å². The molecule has 0 unspecified atom stereocenters. The Morgan fingerprint density at radius 1 is 1.23 bits per heavy atom. The largest absolute Gasteiger partial charge is 0.486 e. The Balaban J connectivity index is 1.54. The van der Waals surface area contributed by atoms with Gasteiger partial charge in [-0.25, -0.2) is 4.68 Å². The number of carbonyl (C=O) groups excluding carboxylic acids is 1. The fraction of sp³-hybridized carbons (Fsp3) is 0.500. The minimum Gasteiger partial charge on any atom is -0.486 e. The van der Waals surface area contributed by atoms with Crippen molar-refractivity contribution in [2.24, 2.45) is 0 Å². The molecule has 8 heteroatoms. The molecule has 1 aliphatic heterocycles. The molecule has 8 nitrogen and oxygen atoms in total. The van der Waals surface area contributed by atoms with Crippen molar-refractivity contribution in [3.63, 3.8) is 0 Å². The van der Waals surface area contributed by atoms with Gasteiger partial charge in [0.15, 0.2) is 23.3 Å². The van der Waals surface area contributed by atoms with Crippen molar-refractivity contribution >= 4 is 5.91 Å². The SMILES string of the molecule is CN(C)CCCN(C)C(=O)c1cn(C[C@@H]2COc3ccccc3O2)nn1. The van der Waals surface area contributed by atoms with E-state index in [1.807, 2.05) is 38.4 Å². The molecule has 140 valence electrons. The normalized spacial score (nSPS) is 15.9. The first-order valence-electron chi connectivity index (χ1n) is 8.72. The van der Waals surface area contributed by atoms with Crippen LogP contribution in [-0.2, 0) is 6.54 Å². The van der Waals surface area contributed by atoms with Crippen LogP contribution in [0.4, 0.5) is 0 Å². The van der Waals surface area contributed by atoms with Crippen LogP contribution in [0.15, 0.2) is 30.5 Å². The average molecular weight is 359 g/mol. The Kier molecular flexibility index (Phi) is 5.72. The molecule has 1 aromatic carbocycles. The molecule has 0 spiro atoms. The number of carbonyl (C=O) groups is 1. The highest BCUT2D eigenvalue weighted by molar-refractivity contribution is 5.91. The molecule has 1 atom stereocenters. The molecule has 0 N–H and O–H groups in total. The van der Waals surface area contributed by atoms with Gasteiger partial charge in [0.05, 0.1) is 12.7 Å². The third kappa shape index (κ3) is 4.51. The number of aromatic nitrogens is 3. The number of amides is 1. The fourth-order valence-electron chi connectivity index (χ4n) is 2.77. The van der Waals surface area contributed by atoms with Crippen molar-refractivity contribution in [2.45, 2.75) is 19.1 Å². The van der Waals surface area contributed by atoms with Crippen LogP contribution in [-0.4, -0.2) is 77.6 Å². The first-order valence-corrected chi connectivity index (χ1v) is 8.72. The van der Waals surface area contributed by atoms with E-state index < -0.39 is 0 Å². The van der Waals surface area contributed by atoms with Crippen LogP contribution in [0.2, 0.25) is 0 Å². The van der Waals surface area contributed by atoms with E-state index in [1.165, 1.54) is 0 Å². The fourth-order valence-corrected chi connectivity index (χ4v) is 2.77. The summed E-state index contributed by atoms with van der Waals surface area (Å²) in [4.78, 5) is 16.2. The van der Waals surface area contributed by atoms with E-state index in [-0.39, 0.29) is 12.0 Å². The zero-order valence-corrected chi connectivity index (χ0v) is 15.5. The van der Waals surface area contributed by atoms with Crippen LogP contribution in [0.5, 0.6) is 11.5 Å². The monoisotopic (exact) mass is 359 g/mol. The van der Waals surface area contributed by atoms with E-state index in [4.69, 9.17) is 9.47 Å². The molecule has 2 heterocycles. The second-order valence-corrected chi connectivity index (χ2v) is 6.71. The molecular weight excluding hydrogens is 334 g/mol. The van der Waals surface area contributed by atoms with E-state index in [0.717, 1.165) is 24.5 Å². The van der Waals surface area contributed by atoms with E-state index in [0.29, 0.717) is 25.4 Å². The second kappa shape index (κ2) is 8.18. The maximum atomic E-state index is 12.4. The summed E-state index contributed by atoms with van der Waals surface area (Å²) in [5.41, 5.74) is 0.342. The topological polar surface area (TPSA) is 72.7 Å². The first kappa shape index (κ1) is 18.2. The summed E-state index contributed by atoms with van der Waals surface area (Å²) in [5.74, 6) is 1.35. The number of rotatable bonds is 7. The summed E-state index contributed by atoms with van der Waals surface area (Å²) in [7, 11) is 5.82. The van der Waals surface area contributed by atoms with Gasteiger partial charge >= 0.3 is 0 Å². The van der Waals surface area contributed by atoms with Gasteiger partial charge in [-0.15, -0.1) is 5.10 Å². The van der Waals surface area contributed by atoms with Gasteiger partial charge in [-0.2, -0.15) is 0 Å². The summed E-state index contributed by atoms with van der Waals surface area (Å²) in [6, 6.07) is 7.57. The summed E-state index contributed by atoms with van der Waals surface area (Å²) in [5, 5.41) is 8.06. The number of hydrogen-bond acceptors (Lipinski definition) is 6. The lowest BCUT2D eigenvalue weighted by atomic mass is 10.2. The highest BCUT2D eigenvalue weighted by Crippen LogP contribution is 2.31. The Hall–Kier alpha value is -2.61. The maximum absolute atomic E-state index is 12.4. The Labute approximate surface area is 153 Å². The molecule has 0 fully saturated rings. The number of fused-ring (bicyclic) bond motifs is 1. The van der Waals surface area contributed by atoms with E-state index >= 15 is 0 Å². The van der Waals surface area contributed by atoms with Crippen LogP contribution in [0.3, 0.4) is 0 Å². The van der Waals surface area contributed by atoms with E-state index in [9.17, 15) is 4.79 Å². The third-order valence-corrected chi connectivity index (χ3v) is 4.16. The van der Waals surface area contributed by atoms with Gasteiger partial charge in [-0.3, -0.25) is 4.79 Å². The minimum atomic E-state index is -0.174. The molecule has 0 aliphatic carbocycles. The molecule has 2 aromatic rings. The number of nitrogens with zero attached hydrogens (tertiary/aromatic N) is 5. The zero-order chi connectivity index (χ0) is 18.5. The lowest BCUT2D eigenvalue weighted by Gasteiger charge is -2.26. The predicted molar refractivity (Wildman–Crippen MR) is 96.5 cm³/mol. The summed E-state index contributed by atoms with van der Waals surface area (Å²) < 4.78 is 13.2. The van der Waals surface area contributed by atoms with Crippen LogP contribution >= 0.6 is 0 Å². The first-order chi connectivity index (χ1) is 12.5. The quantitative estimate of drug-likeness (QED) is 0.738. The van der Waals surface area contributed by atoms with Gasteiger partial charge < -0.3 is 19.3 Å². The number of hydrogen-bond donors (Lipinski definition) is 0. The highest BCUT2D eigenvalue weighted by atomic mass is 16.6. The average Bonchev–Trinajstić information content (AvgIpc) is 3.09. The predicted octanol–water partition coefficient (Wildman–Crippen LogP) is 1.14. The van der Waals surface area contributed by atoms with Crippen molar-refractivity contribution in [2.75, 3.05) is 40.8 Å². The molecular formula is C18H25N5O3. The van der Waals surface area contributed by atoms with Crippen LogP contribution in [0, 0.1) is 0 Å². The Morgan fingerprint density at radius 3 is 2.77 bits per heavy atom. The van der Waals surface area contributed by atoms with Crippen molar-refractivity contribution in [1.82, 2.24) is 24.8 Å². The van der Waals surface area contributed by atoms with Gasteiger partial charge in [0, 0.05) is 13.6 Å². The molecule has 26 heavy (non-hydrogen) atoms. The van der Waals surface area contributed by atoms with Gasteiger partial charge in [0.2, 0.25) is 0 Å². The summed E-state index contributed by atoms with van der Waals surface area (Å²) >= 11 is 0. The van der Waals surface area contributed by atoms with E-state index in [1.54, 1.807) is 22.8 Å². The van der Waals surface area contributed by atoms with Crippen LogP contribution in [0.25, 0.3) is 0 Å². The number of benzene rings is 1. The van der Waals surface area contributed by atoms with Crippen molar-refractivity contribution in [3.8, 4) is 11.5 Å². The molecule has 1 amide bonds. The van der Waals surface area contributed by atoms with Gasteiger partial charge in [-0.05, 0) is 39.2 Å². The van der Waals surface area contributed by atoms with Crippen LogP contribution in [0.1, 0.15) is 16.9 Å². The third-order valence-electron chi connectivity index (χ3n) is 4.16. The molecule has 0 saturated heterocycles. The van der Waals surface area contributed by atoms with Crippen LogP contribution < -0.4 is 9.47 Å². The maximum Gasteiger partial charge on any atom is 0.275 e. The number of ether oxygens (including phenoxy) is 2. The minimum absolute atomic E-state index is 0.124. The summed E-state index contributed by atoms with van der Waals surface area (Å²) in [6.45, 7) is 2.52. The highest BCUT2D eigenvalue weighted by Gasteiger charge is 2.22. The number of para-hydroxylation sites is 2. The van der Waals surface area contributed by atoms with Gasteiger partial charge in [0.25, 0.3) is 5.91 Å². The molecule has 1 aliphatic rings. The van der Waals surface area contributed by atoms with Gasteiger partial charge in [-0.1, -0.05) is 17.3 Å². The Morgan fingerprint density at radius 2 is 2.00 bits per heavy atom. The smallest absolute Gasteiger partial charge is 0.275 e. The lowest BCUT2D eigenvalue weighted by Crippen LogP contribution is -2.33. The van der Waals surface area contributed by atoms with Crippen molar-refractivity contribution < 1.29 is 14.3 Å². The molecule has 0 saturated carbocycles. The lowest BCUT2D eigenvalue weighted by molar-refractivity contribution is 0.0753. The summed E-state index contributed by atoms with van der Waals surface area (Å²) in [6.07, 6.45) is 2.40. The van der Waals surface area contributed by atoms with Crippen molar-refractivity contribution in [3.05, 3.63) is 36.2 Å². The molecule has 3 rings (SSSR count). The Bertz CT molecular complexity index is 746. The molecule has 0 radical (unpaired) electrons. The van der Waals surface area contributed by atoms with Crippen molar-refractivity contribution in [1.29, 1.82) is 0 Å². The molecule has 0 bridgehead atoms. The van der Waals surface area contributed by atoms with Gasteiger partial charge in [0.1, 0.15) is 6.61 Å². The zero-order valence-electron chi connectivity index (χ0n) is 15.5. The molecule has 1 aromatic heterocycles. The second-order valence-electron chi connectivity index (χ2n) is 6.71. The standard InChI is InChI=1S/C18H25N5O3/c1-21(2)9-6-10-22(3)18(24)15-12-23(20-19-15)11-14-13-25-16-7-4-5-8-17(16)26-14/h4-5,7-8,12,14H,6,9-11,13H2,1-3H3/t14-/m1/s1.